The zero-order valence-corrected chi connectivity index (χ0v) is 23.3. The fourth-order valence-corrected chi connectivity index (χ4v) is 6.76. The van der Waals surface area contributed by atoms with Crippen LogP contribution in [0.2, 0.25) is 0 Å². The number of fused-ring (bicyclic) bond motifs is 1. The van der Waals surface area contributed by atoms with Crippen molar-refractivity contribution in [1.29, 1.82) is 0 Å². The zero-order chi connectivity index (χ0) is 27.4. The molecule has 0 N–H and O–H groups in total. The number of amides is 2. The van der Waals surface area contributed by atoms with Gasteiger partial charge in [-0.1, -0.05) is 11.3 Å². The first kappa shape index (κ1) is 27.6. The predicted octanol–water partition coefficient (Wildman–Crippen LogP) is 2.94. The molecule has 38 heavy (non-hydrogen) atoms. The average molecular weight is 563 g/mol. The number of carbonyl (C=O) groups excluding carboxylic acids is 2. The number of thiazole rings is 1. The van der Waals surface area contributed by atoms with Crippen molar-refractivity contribution in [3.05, 3.63) is 46.8 Å². The number of aryl methyl sites for hydroxylation is 1. The van der Waals surface area contributed by atoms with Crippen molar-refractivity contribution in [3.63, 3.8) is 0 Å². The first-order valence-electron chi connectivity index (χ1n) is 12.1. The maximum absolute atomic E-state index is 13.1. The van der Waals surface area contributed by atoms with Gasteiger partial charge in [0.2, 0.25) is 10.0 Å². The highest BCUT2D eigenvalue weighted by Gasteiger charge is 2.30. The van der Waals surface area contributed by atoms with Gasteiger partial charge in [-0.05, 0) is 44.2 Å². The highest BCUT2D eigenvalue weighted by atomic mass is 32.2. The minimum Gasteiger partial charge on any atom is -0.497 e. The van der Waals surface area contributed by atoms with Gasteiger partial charge < -0.3 is 23.7 Å². The summed E-state index contributed by atoms with van der Waals surface area (Å²) in [5.41, 5.74) is 1.08. The molecule has 13 heteroatoms. The largest absolute Gasteiger partial charge is 0.497 e. The molecule has 2 amide bonds. The van der Waals surface area contributed by atoms with Crippen molar-refractivity contribution in [3.8, 4) is 11.5 Å². The van der Waals surface area contributed by atoms with Gasteiger partial charge in [-0.25, -0.2) is 13.2 Å². The van der Waals surface area contributed by atoms with Crippen LogP contribution >= 0.6 is 11.3 Å². The summed E-state index contributed by atoms with van der Waals surface area (Å²) in [6, 6.07) is 9.37. The summed E-state index contributed by atoms with van der Waals surface area (Å²) in [7, 11) is -0.636. The molecule has 0 saturated carbocycles. The van der Waals surface area contributed by atoms with E-state index in [1.807, 2.05) is 17.6 Å². The quantitative estimate of drug-likeness (QED) is 0.434. The smallest absolute Gasteiger partial charge is 0.409 e. The van der Waals surface area contributed by atoms with Gasteiger partial charge in [0.1, 0.15) is 17.0 Å². The lowest BCUT2D eigenvalue weighted by molar-refractivity contribution is 0.0933. The van der Waals surface area contributed by atoms with E-state index in [4.69, 9.17) is 14.2 Å². The van der Waals surface area contributed by atoms with Crippen LogP contribution in [0.25, 0.3) is 10.2 Å². The fourth-order valence-electron chi connectivity index (χ4n) is 4.20. The Morgan fingerprint density at radius 1 is 1.00 bits per heavy atom. The molecule has 1 saturated heterocycles. The Morgan fingerprint density at radius 2 is 1.68 bits per heavy atom. The molecular weight excluding hydrogens is 532 g/mol. The second-order valence-electron chi connectivity index (χ2n) is 8.34. The number of nitrogens with zero attached hydrogens (tertiary/aromatic N) is 4. The number of hydrogen-bond donors (Lipinski definition) is 0. The van der Waals surface area contributed by atoms with E-state index in [0.29, 0.717) is 22.8 Å². The first-order valence-corrected chi connectivity index (χ1v) is 14.4. The number of rotatable bonds is 7. The summed E-state index contributed by atoms with van der Waals surface area (Å²) in [6.45, 7) is 5.31. The van der Waals surface area contributed by atoms with Crippen LogP contribution in [0.1, 0.15) is 24.2 Å². The number of sulfonamides is 1. The normalized spacial score (nSPS) is 15.1. The van der Waals surface area contributed by atoms with E-state index < -0.39 is 22.0 Å². The van der Waals surface area contributed by atoms with Gasteiger partial charge in [0.15, 0.2) is 4.80 Å². The highest BCUT2D eigenvalue weighted by Crippen LogP contribution is 2.32. The van der Waals surface area contributed by atoms with Crippen LogP contribution in [0.5, 0.6) is 11.5 Å². The second kappa shape index (κ2) is 11.5. The van der Waals surface area contributed by atoms with E-state index in [0.717, 1.165) is 10.2 Å². The number of hydrogen-bond acceptors (Lipinski definition) is 8. The number of ether oxygens (including phenoxy) is 3. The fraction of sp³-hybridized carbons (Fsp3) is 0.400. The van der Waals surface area contributed by atoms with E-state index in [-0.39, 0.29) is 43.2 Å². The van der Waals surface area contributed by atoms with Gasteiger partial charge in [-0.2, -0.15) is 9.30 Å². The lowest BCUT2D eigenvalue weighted by Gasteiger charge is -2.33. The summed E-state index contributed by atoms with van der Waals surface area (Å²) >= 11 is 1.34. The molecule has 2 aromatic carbocycles. The Labute approximate surface area is 224 Å². The molecule has 3 aromatic rings. The van der Waals surface area contributed by atoms with Crippen LogP contribution in [0.3, 0.4) is 0 Å². The third-order valence-corrected chi connectivity index (χ3v) is 9.13. The Bertz CT molecular complexity index is 1500. The van der Waals surface area contributed by atoms with Gasteiger partial charge in [0.25, 0.3) is 5.91 Å². The molecule has 1 aromatic heterocycles. The summed E-state index contributed by atoms with van der Waals surface area (Å²) in [5, 5.41) is 0. The van der Waals surface area contributed by atoms with E-state index in [1.165, 1.54) is 44.8 Å². The number of piperazine rings is 1. The lowest BCUT2D eigenvalue weighted by atomic mass is 10.2. The summed E-state index contributed by atoms with van der Waals surface area (Å²) in [5.74, 6) is 0.761. The Morgan fingerprint density at radius 3 is 2.26 bits per heavy atom. The third kappa shape index (κ3) is 5.40. The van der Waals surface area contributed by atoms with Crippen LogP contribution in [0.15, 0.2) is 46.3 Å². The molecule has 0 bridgehead atoms. The van der Waals surface area contributed by atoms with E-state index in [9.17, 15) is 18.0 Å². The van der Waals surface area contributed by atoms with E-state index >= 15 is 0 Å². The van der Waals surface area contributed by atoms with E-state index in [1.54, 1.807) is 27.2 Å². The van der Waals surface area contributed by atoms with Crippen molar-refractivity contribution in [1.82, 2.24) is 13.8 Å². The zero-order valence-electron chi connectivity index (χ0n) is 21.7. The molecule has 11 nitrogen and oxygen atoms in total. The number of aromatic nitrogens is 1. The summed E-state index contributed by atoms with van der Waals surface area (Å²) in [6.07, 6.45) is -0.447. The van der Waals surface area contributed by atoms with Crippen molar-refractivity contribution < 1.29 is 32.2 Å². The average Bonchev–Trinajstić information content (AvgIpc) is 3.29. The Balaban J connectivity index is 1.56. The molecule has 0 unspecified atom stereocenters. The van der Waals surface area contributed by atoms with Crippen molar-refractivity contribution in [2.45, 2.75) is 25.3 Å². The predicted molar refractivity (Wildman–Crippen MR) is 142 cm³/mol. The van der Waals surface area contributed by atoms with Crippen molar-refractivity contribution in [2.75, 3.05) is 47.0 Å². The standard InChI is InChI=1S/C25H30N4O7S2/c1-5-29-22-20(35-4)15-18(34-3)16-21(22)37-24(29)26-23(30)17-7-9-19(10-8-17)38(32,33)28-13-11-27(12-14-28)25(31)36-6-2/h7-10,15-16H,5-6,11-14H2,1-4H3. The Hall–Kier alpha value is -3.42. The molecule has 1 aliphatic heterocycles. The molecule has 204 valence electrons. The van der Waals surface area contributed by atoms with Gasteiger partial charge in [0, 0.05) is 44.4 Å². The molecule has 0 aliphatic carbocycles. The summed E-state index contributed by atoms with van der Waals surface area (Å²) < 4.78 is 46.2. The molecule has 0 radical (unpaired) electrons. The summed E-state index contributed by atoms with van der Waals surface area (Å²) in [4.78, 5) is 31.3. The maximum atomic E-state index is 13.1. The maximum Gasteiger partial charge on any atom is 0.409 e. The van der Waals surface area contributed by atoms with Gasteiger partial charge in [-0.3, -0.25) is 4.79 Å². The van der Waals surface area contributed by atoms with Crippen LogP contribution in [0, 0.1) is 0 Å². The molecule has 1 aliphatic rings. The molecular formula is C25H30N4O7S2. The molecule has 4 rings (SSSR count). The number of carbonyl (C=O) groups is 2. The SMILES string of the molecule is CCOC(=O)N1CCN(S(=O)(=O)c2ccc(C(=O)N=c3sc4cc(OC)cc(OC)c4n3CC)cc2)CC1. The number of methoxy groups -OCH3 is 2. The van der Waals surface area contributed by atoms with Gasteiger partial charge in [-0.15, -0.1) is 0 Å². The third-order valence-electron chi connectivity index (χ3n) is 6.19. The second-order valence-corrected chi connectivity index (χ2v) is 11.3. The van der Waals surface area contributed by atoms with Crippen LogP contribution in [-0.2, 0) is 21.3 Å². The van der Waals surface area contributed by atoms with Crippen LogP contribution in [0.4, 0.5) is 4.79 Å². The minimum absolute atomic E-state index is 0.0703. The monoisotopic (exact) mass is 562 g/mol. The molecule has 1 fully saturated rings. The molecule has 2 heterocycles. The van der Waals surface area contributed by atoms with Crippen molar-refractivity contribution in [2.24, 2.45) is 4.99 Å². The topological polar surface area (TPSA) is 120 Å². The lowest BCUT2D eigenvalue weighted by Crippen LogP contribution is -2.50. The van der Waals surface area contributed by atoms with E-state index in [2.05, 4.69) is 4.99 Å². The molecule has 0 atom stereocenters. The van der Waals surface area contributed by atoms with Crippen LogP contribution in [-0.4, -0.2) is 81.2 Å². The minimum atomic E-state index is -3.78. The van der Waals surface area contributed by atoms with Gasteiger partial charge in [0.05, 0.1) is 30.4 Å². The Kier molecular flexibility index (Phi) is 8.38. The highest BCUT2D eigenvalue weighted by molar-refractivity contribution is 7.89. The van der Waals surface area contributed by atoms with Crippen LogP contribution < -0.4 is 14.3 Å². The van der Waals surface area contributed by atoms with Gasteiger partial charge >= 0.3 is 6.09 Å². The first-order chi connectivity index (χ1) is 18.2. The molecule has 0 spiro atoms. The van der Waals surface area contributed by atoms with Crippen molar-refractivity contribution >= 4 is 43.6 Å². The number of benzene rings is 2.